The van der Waals surface area contributed by atoms with Crippen LogP contribution in [0.3, 0.4) is 0 Å². The predicted octanol–water partition coefficient (Wildman–Crippen LogP) is 8.36. The van der Waals surface area contributed by atoms with Gasteiger partial charge in [0.15, 0.2) is 0 Å². The molecule has 1 aliphatic heterocycles. The first-order valence-corrected chi connectivity index (χ1v) is 16.1. The normalized spacial score (nSPS) is 18.6. The molecule has 212 valence electrons. The van der Waals surface area contributed by atoms with Crippen molar-refractivity contribution in [3.8, 4) is 0 Å². The highest BCUT2D eigenvalue weighted by atomic mass is 127. The van der Waals surface area contributed by atoms with Gasteiger partial charge >= 0.3 is 13.9 Å². The van der Waals surface area contributed by atoms with Crippen LogP contribution < -0.4 is 5.32 Å². The highest BCUT2D eigenvalue weighted by molar-refractivity contribution is 14.1. The summed E-state index contributed by atoms with van der Waals surface area (Å²) in [6.07, 6.45) is 9.62. The third kappa shape index (κ3) is 12.4. The Morgan fingerprint density at radius 3 is 2.16 bits per heavy atom. The van der Waals surface area contributed by atoms with Crippen molar-refractivity contribution in [3.05, 3.63) is 32.9 Å². The first kappa shape index (κ1) is 32.5. The Kier molecular flexibility index (Phi) is 12.4. The highest BCUT2D eigenvalue weighted by Crippen LogP contribution is 2.56. The maximum absolute atomic E-state index is 13.5. The number of nitrogens with one attached hydrogen (secondary N) is 1. The fourth-order valence-corrected chi connectivity index (χ4v) is 6.89. The van der Waals surface area contributed by atoms with Crippen LogP contribution in [0.15, 0.2) is 18.2 Å². The first-order valence-electron chi connectivity index (χ1n) is 13.5. The molecular formula is C28H47INO6P. The molecule has 9 heteroatoms. The summed E-state index contributed by atoms with van der Waals surface area (Å²) in [6.45, 7) is 13.1. The lowest BCUT2D eigenvalue weighted by molar-refractivity contribution is -0.00539. The molecule has 1 N–H and O–H groups in total. The average molecular weight is 652 g/mol. The number of benzene rings is 1. The summed E-state index contributed by atoms with van der Waals surface area (Å²) in [4.78, 5) is 12.0. The molecule has 1 aliphatic rings. The van der Waals surface area contributed by atoms with E-state index in [1.807, 2.05) is 0 Å². The van der Waals surface area contributed by atoms with Gasteiger partial charge in [-0.3, -0.25) is 13.6 Å². The quantitative estimate of drug-likeness (QED) is 0.117. The van der Waals surface area contributed by atoms with Crippen molar-refractivity contribution >= 4 is 36.5 Å². The van der Waals surface area contributed by atoms with Crippen molar-refractivity contribution in [3.63, 3.8) is 0 Å². The fraction of sp³-hybridized carbons (Fsp3) is 0.750. The predicted molar refractivity (Wildman–Crippen MR) is 157 cm³/mol. The minimum Gasteiger partial charge on any atom is -0.447 e. The maximum Gasteiger partial charge on any atom is 0.475 e. The smallest absolute Gasteiger partial charge is 0.447 e. The number of unbranched alkanes of at least 4 members (excludes halogenated alkanes) is 5. The summed E-state index contributed by atoms with van der Waals surface area (Å²) in [6, 6.07) is 6.60. The van der Waals surface area contributed by atoms with Crippen LogP contribution in [-0.4, -0.2) is 36.0 Å². The fourth-order valence-electron chi connectivity index (χ4n) is 4.15. The number of aryl methyl sites for hydroxylation is 2. The summed E-state index contributed by atoms with van der Waals surface area (Å²) in [7, 11) is -3.92. The minimum atomic E-state index is -3.92. The number of phosphoric acid groups is 1. The van der Waals surface area contributed by atoms with Crippen molar-refractivity contribution in [2.24, 2.45) is 0 Å². The molecule has 0 aromatic heterocycles. The molecule has 1 aromatic carbocycles. The van der Waals surface area contributed by atoms with Gasteiger partial charge in [0, 0.05) is 3.57 Å². The van der Waals surface area contributed by atoms with E-state index in [0.717, 1.165) is 6.42 Å². The molecule has 0 radical (unpaired) electrons. The van der Waals surface area contributed by atoms with Gasteiger partial charge in [0.2, 0.25) is 0 Å². The average Bonchev–Trinajstić information content (AvgIpc) is 3.13. The topological polar surface area (TPSA) is 83.1 Å². The Morgan fingerprint density at radius 1 is 1.00 bits per heavy atom. The van der Waals surface area contributed by atoms with Gasteiger partial charge in [0.1, 0.15) is 12.1 Å². The standard InChI is InChI=1S/C28H47INO6P/c1-8-9-10-11-12-13-14-23-16-15-22(19-24(23)29)17-18-28(20-33-25(31)30-28)21-34-37(32,35-26(2,3)4)36-27(5,6)7/h15-16,19H,8-14,17-18,20-21H2,1-7H3,(H,30,31). The van der Waals surface area contributed by atoms with Gasteiger partial charge in [-0.2, -0.15) is 0 Å². The molecular weight excluding hydrogens is 604 g/mol. The van der Waals surface area contributed by atoms with E-state index in [2.05, 4.69) is 53.0 Å². The molecule has 0 aliphatic carbocycles. The number of cyclic esters (lactones) is 1. The second-order valence-corrected chi connectivity index (χ2v) is 14.7. The number of alkyl carbamates (subject to hydrolysis) is 1. The van der Waals surface area contributed by atoms with Gasteiger partial charge in [-0.1, -0.05) is 51.2 Å². The first-order chi connectivity index (χ1) is 17.1. The van der Waals surface area contributed by atoms with Crippen molar-refractivity contribution in [2.75, 3.05) is 13.2 Å². The number of phosphoric ester groups is 1. The number of carbonyl (C=O) groups excluding carboxylic acids is 1. The Balaban J connectivity index is 2.02. The number of carbonyl (C=O) groups is 1. The molecule has 1 fully saturated rings. The minimum absolute atomic E-state index is 0.0462. The van der Waals surface area contributed by atoms with Crippen molar-refractivity contribution in [1.82, 2.24) is 5.32 Å². The number of ether oxygens (including phenoxy) is 1. The number of halogens is 1. The van der Waals surface area contributed by atoms with Gasteiger partial charge < -0.3 is 10.1 Å². The van der Waals surface area contributed by atoms with Crippen molar-refractivity contribution in [1.29, 1.82) is 0 Å². The Morgan fingerprint density at radius 2 is 1.62 bits per heavy atom. The Bertz CT molecular complexity index is 906. The Hall–Kier alpha value is -0.670. The van der Waals surface area contributed by atoms with Crippen LogP contribution >= 0.6 is 30.4 Å². The van der Waals surface area contributed by atoms with E-state index in [4.69, 9.17) is 18.3 Å². The lowest BCUT2D eigenvalue weighted by atomic mass is 9.93. The number of hydrogen-bond acceptors (Lipinski definition) is 6. The molecule has 1 aromatic rings. The van der Waals surface area contributed by atoms with Crippen LogP contribution in [0, 0.1) is 3.57 Å². The Labute approximate surface area is 237 Å². The second-order valence-electron chi connectivity index (χ2n) is 12.1. The van der Waals surface area contributed by atoms with Crippen LogP contribution in [0.5, 0.6) is 0 Å². The SMILES string of the molecule is CCCCCCCCc1ccc(CCC2(COP(=O)(OC(C)(C)C)OC(C)(C)C)COC(=O)N2)cc1I. The summed E-state index contributed by atoms with van der Waals surface area (Å²) in [5, 5.41) is 2.89. The third-order valence-corrected chi connectivity index (χ3v) is 8.92. The van der Waals surface area contributed by atoms with E-state index in [-0.39, 0.29) is 13.2 Å². The van der Waals surface area contributed by atoms with E-state index in [9.17, 15) is 9.36 Å². The lowest BCUT2D eigenvalue weighted by Gasteiger charge is -2.33. The van der Waals surface area contributed by atoms with Gasteiger partial charge in [-0.05, 0) is 107 Å². The third-order valence-electron chi connectivity index (χ3n) is 5.93. The molecule has 1 heterocycles. The van der Waals surface area contributed by atoms with Crippen LogP contribution in [0.4, 0.5) is 4.79 Å². The molecule has 1 unspecified atom stereocenters. The maximum atomic E-state index is 13.5. The summed E-state index contributed by atoms with van der Waals surface area (Å²) < 4.78 is 37.4. The zero-order valence-electron chi connectivity index (χ0n) is 23.8. The van der Waals surface area contributed by atoms with E-state index in [0.29, 0.717) is 12.8 Å². The summed E-state index contributed by atoms with van der Waals surface area (Å²) in [5.74, 6) is 0. The molecule has 0 bridgehead atoms. The highest BCUT2D eigenvalue weighted by Gasteiger charge is 2.44. The number of rotatable bonds is 15. The number of hydrogen-bond donors (Lipinski definition) is 1. The van der Waals surface area contributed by atoms with Crippen LogP contribution in [0.1, 0.15) is 105 Å². The number of amides is 1. The molecule has 7 nitrogen and oxygen atoms in total. The van der Waals surface area contributed by atoms with Gasteiger partial charge in [0.05, 0.1) is 17.8 Å². The largest absolute Gasteiger partial charge is 0.475 e. The molecule has 37 heavy (non-hydrogen) atoms. The monoisotopic (exact) mass is 651 g/mol. The zero-order chi connectivity index (χ0) is 27.7. The van der Waals surface area contributed by atoms with Crippen LogP contribution in [0.2, 0.25) is 0 Å². The van der Waals surface area contributed by atoms with E-state index < -0.39 is 30.7 Å². The van der Waals surface area contributed by atoms with E-state index in [1.54, 1.807) is 41.5 Å². The molecule has 0 spiro atoms. The van der Waals surface area contributed by atoms with Crippen molar-refractivity contribution < 1.29 is 27.7 Å². The van der Waals surface area contributed by atoms with E-state index in [1.165, 1.54) is 53.2 Å². The molecule has 1 amide bonds. The molecule has 0 saturated carbocycles. The van der Waals surface area contributed by atoms with Gasteiger partial charge in [-0.25, -0.2) is 9.36 Å². The summed E-state index contributed by atoms with van der Waals surface area (Å²) in [5.41, 5.74) is 0.263. The van der Waals surface area contributed by atoms with Crippen molar-refractivity contribution in [2.45, 2.75) is 123 Å². The van der Waals surface area contributed by atoms with Crippen LogP contribution in [-0.2, 0) is 35.7 Å². The van der Waals surface area contributed by atoms with Crippen LogP contribution in [0.25, 0.3) is 0 Å². The molecule has 1 atom stereocenters. The zero-order valence-corrected chi connectivity index (χ0v) is 26.8. The molecule has 2 rings (SSSR count). The van der Waals surface area contributed by atoms with Gasteiger partial charge in [0.25, 0.3) is 0 Å². The molecule has 1 saturated heterocycles. The lowest BCUT2D eigenvalue weighted by Crippen LogP contribution is -2.48. The summed E-state index contributed by atoms with van der Waals surface area (Å²) >= 11 is 2.42. The second kappa shape index (κ2) is 14.1. The van der Waals surface area contributed by atoms with Gasteiger partial charge in [-0.15, -0.1) is 0 Å². The van der Waals surface area contributed by atoms with E-state index >= 15 is 0 Å².